The molecule has 0 radical (unpaired) electrons. The average molecular weight is 1920 g/mol. The molecule has 18 aromatic carbocycles. The van der Waals surface area contributed by atoms with E-state index in [1.807, 2.05) is 60.7 Å². The number of aromatic nitrogens is 3. The molecule has 0 spiro atoms. The van der Waals surface area contributed by atoms with Crippen molar-refractivity contribution in [3.05, 3.63) is 460 Å². The van der Waals surface area contributed by atoms with Crippen molar-refractivity contribution in [1.82, 2.24) is 15.0 Å². The molecule has 148 heavy (non-hydrogen) atoms. The highest BCUT2D eigenvalue weighted by Gasteiger charge is 2.54. The molecule has 28 rings (SSSR count). The minimum Gasteiger partial charge on any atom is -0.456 e. The summed E-state index contributed by atoms with van der Waals surface area (Å²) < 4.78 is 12.6. The van der Waals surface area contributed by atoms with E-state index in [1.165, 1.54) is 173 Å². The monoisotopic (exact) mass is 1920 g/mol. The number of hydrogen-bond donors (Lipinski definition) is 0. The third kappa shape index (κ3) is 13.2. The summed E-state index contributed by atoms with van der Waals surface area (Å²) >= 11 is 0. The van der Waals surface area contributed by atoms with Gasteiger partial charge in [0.2, 0.25) is 0 Å². The van der Waals surface area contributed by atoms with Crippen LogP contribution in [0.4, 0.5) is 34.1 Å². The van der Waals surface area contributed by atoms with Gasteiger partial charge >= 0.3 is 0 Å². The lowest BCUT2D eigenvalue weighted by Crippen LogP contribution is -2.44. The van der Waals surface area contributed by atoms with Crippen molar-refractivity contribution >= 4 is 78.0 Å². The molecule has 7 aliphatic rings. The van der Waals surface area contributed by atoms with Crippen LogP contribution in [0, 0.1) is 0 Å². The van der Waals surface area contributed by atoms with E-state index < -0.39 is 0 Å². The Morgan fingerprint density at radius 1 is 0.176 bits per heavy atom. The van der Waals surface area contributed by atoms with Crippen LogP contribution in [0.15, 0.2) is 391 Å². The normalized spacial score (nSPS) is 16.6. The van der Waals surface area contributed by atoms with E-state index in [2.05, 4.69) is 470 Å². The fraction of sp³-hybridized carbons (Fsp3) is 0.213. The lowest BCUT2D eigenvalue weighted by Gasteiger charge is -2.49. The largest absolute Gasteiger partial charge is 0.456 e. The second-order valence-electron chi connectivity index (χ2n) is 47.7. The predicted molar refractivity (Wildman–Crippen MR) is 618 cm³/mol. The number of furan rings is 2. The van der Waals surface area contributed by atoms with Crippen LogP contribution in [-0.4, -0.2) is 15.0 Å². The molecular formula is C141H123N5O2. The van der Waals surface area contributed by atoms with Gasteiger partial charge in [-0.15, -0.1) is 0 Å². The van der Waals surface area contributed by atoms with Crippen LogP contribution in [0.25, 0.3) is 156 Å². The van der Waals surface area contributed by atoms with Crippen molar-refractivity contribution in [3.8, 4) is 112 Å². The number of fused-ring (bicyclic) bond motifs is 29. The van der Waals surface area contributed by atoms with Gasteiger partial charge in [0, 0.05) is 111 Å². The molecule has 3 heterocycles. The number of para-hydroxylation sites is 4. The van der Waals surface area contributed by atoms with Gasteiger partial charge in [-0.1, -0.05) is 411 Å². The topological polar surface area (TPSA) is 71.4 Å². The van der Waals surface area contributed by atoms with Gasteiger partial charge in [0.15, 0.2) is 17.5 Å². The zero-order valence-electron chi connectivity index (χ0n) is 88.4. The first-order valence-corrected chi connectivity index (χ1v) is 52.9. The molecule has 7 nitrogen and oxygen atoms in total. The van der Waals surface area contributed by atoms with Crippen LogP contribution >= 0.6 is 0 Å². The summed E-state index contributed by atoms with van der Waals surface area (Å²) in [5.41, 5.74) is 51.2. The average Bonchev–Trinajstić information content (AvgIpc) is 1.54. The molecule has 0 saturated heterocycles. The lowest BCUT2D eigenvalue weighted by atomic mass is 9.54. The van der Waals surface area contributed by atoms with Crippen LogP contribution in [0.5, 0.6) is 0 Å². The fourth-order valence-electron chi connectivity index (χ4n) is 27.1. The first-order chi connectivity index (χ1) is 71.0. The number of benzene rings is 18. The highest BCUT2D eigenvalue weighted by atomic mass is 16.3. The van der Waals surface area contributed by atoms with Gasteiger partial charge in [0.05, 0.1) is 0 Å². The van der Waals surface area contributed by atoms with Gasteiger partial charge in [0.25, 0.3) is 0 Å². The van der Waals surface area contributed by atoms with E-state index >= 15 is 0 Å². The van der Waals surface area contributed by atoms with Crippen molar-refractivity contribution in [1.29, 1.82) is 0 Å². The van der Waals surface area contributed by atoms with Crippen LogP contribution in [0.3, 0.4) is 0 Å². The Morgan fingerprint density at radius 2 is 0.507 bits per heavy atom. The van der Waals surface area contributed by atoms with Gasteiger partial charge in [-0.05, 0) is 281 Å². The maximum atomic E-state index is 6.35. The number of anilines is 6. The van der Waals surface area contributed by atoms with Crippen molar-refractivity contribution in [2.24, 2.45) is 0 Å². The Kier molecular flexibility index (Phi) is 20.1. The summed E-state index contributed by atoms with van der Waals surface area (Å²) in [5, 5.41) is 4.34. The zero-order chi connectivity index (χ0) is 102. The highest BCUT2D eigenvalue weighted by Crippen LogP contribution is 2.66. The highest BCUT2D eigenvalue weighted by molar-refractivity contribution is 6.12. The van der Waals surface area contributed by atoms with Crippen molar-refractivity contribution in [2.75, 3.05) is 9.80 Å². The molecule has 7 aliphatic carbocycles. The molecule has 0 atom stereocenters. The standard InChI is InChI=1S/C48H39N3O.C48H45N.C45H39NO/c1-46(2)37-25-29(23-24-31(37)34-26-35-30-17-10-12-20-36(30)47(3,4)48(5,6)39(35)27-38(34)46)44-49-43(28-15-8-7-9-16-28)50-45(51-44)33-19-14-22-41-42(33)32-18-11-13-21-40(32)52-41;1-45(2)38-20-14-12-18-33(38)35-24-22-31(28-41(35)45)49(30-16-10-9-11-17-30)32-23-25-37-42(29-32)46(3,4)40-27-26-36-34-19-13-15-21-39(34)47(5,6)48(7,8)44(36)43(37)40;1-43(2)37-25-24-34-31-16-10-12-18-36(31)44(3,4)45(5,6)42(34)41(37)35-23-21-29(26-38(35)43)46(28-14-8-7-9-15-28)30-20-22-33-32-17-11-13-19-39(32)47-40(33)27-30/h7-27H,1-6H3;9-29H,1-8H3;7-27H,1-6H3. The Balaban J connectivity index is 0.000000112. The maximum absolute atomic E-state index is 6.35. The second kappa shape index (κ2) is 32.3. The van der Waals surface area contributed by atoms with Gasteiger partial charge in [-0.2, -0.15) is 0 Å². The summed E-state index contributed by atoms with van der Waals surface area (Å²) in [7, 11) is 0. The van der Waals surface area contributed by atoms with Gasteiger partial charge in [-0.3, -0.25) is 0 Å². The lowest BCUT2D eigenvalue weighted by molar-refractivity contribution is 0.298. The van der Waals surface area contributed by atoms with E-state index in [1.54, 1.807) is 0 Å². The first kappa shape index (κ1) is 92.1. The van der Waals surface area contributed by atoms with E-state index in [0.717, 1.165) is 77.6 Å². The quantitative estimate of drug-likeness (QED) is 0.143. The molecule has 0 bridgehead atoms. The molecule has 0 fully saturated rings. The van der Waals surface area contributed by atoms with Crippen molar-refractivity contribution in [3.63, 3.8) is 0 Å². The van der Waals surface area contributed by atoms with Crippen LogP contribution in [0.2, 0.25) is 0 Å². The van der Waals surface area contributed by atoms with E-state index in [4.69, 9.17) is 23.8 Å². The van der Waals surface area contributed by atoms with Crippen LogP contribution in [-0.2, 0) is 54.1 Å². The van der Waals surface area contributed by atoms with E-state index in [-0.39, 0.29) is 54.1 Å². The van der Waals surface area contributed by atoms with Gasteiger partial charge in [0.1, 0.15) is 22.3 Å². The summed E-state index contributed by atoms with van der Waals surface area (Å²) in [6, 6.07) is 140. The number of nitrogens with zero attached hydrogens (tertiary/aromatic N) is 5. The zero-order valence-corrected chi connectivity index (χ0v) is 88.4. The Morgan fingerprint density at radius 3 is 1.05 bits per heavy atom. The molecule has 21 aromatic rings. The fourth-order valence-corrected chi connectivity index (χ4v) is 27.1. The minimum absolute atomic E-state index is 0.0203. The second-order valence-corrected chi connectivity index (χ2v) is 47.7. The molecule has 3 aromatic heterocycles. The van der Waals surface area contributed by atoms with E-state index in [0.29, 0.717) is 17.5 Å². The summed E-state index contributed by atoms with van der Waals surface area (Å²) in [5.74, 6) is 1.92. The van der Waals surface area contributed by atoms with Gasteiger partial charge in [-0.25, -0.2) is 15.0 Å². The first-order valence-electron chi connectivity index (χ1n) is 52.9. The molecule has 0 aliphatic heterocycles. The smallest absolute Gasteiger partial charge is 0.164 e. The molecule has 0 N–H and O–H groups in total. The minimum atomic E-state index is -0.216. The SMILES string of the molecule is CC1(C)c2cc(-c3nc(-c4ccccc4)nc(-c4cccc5oc6ccccc6c45)n3)ccc2-c2cc3c(cc21)C(C)(C)C(C)(C)c1ccccc1-3.CC1(C)c2cc(N(c3ccccc3)c3ccc4c(c3)oc3ccccc34)ccc2-c2c1ccc1c2C(C)(C)C(C)(C)c2ccccc2-1.CC1(C)c2ccccc2-c2ccc(N(c3ccccc3)c3ccc4c(c3)C(C)(C)c3ccc5c(c3-4)C(C)(C)C(C)(C)c3ccccc3-5)cc21. The van der Waals surface area contributed by atoms with Gasteiger partial charge < -0.3 is 18.6 Å². The molecule has 724 valence electrons. The van der Waals surface area contributed by atoms with Crippen molar-refractivity contribution in [2.45, 2.75) is 193 Å². The Labute approximate surface area is 870 Å². The number of hydrogen-bond acceptors (Lipinski definition) is 7. The number of rotatable bonds is 9. The molecule has 7 heteroatoms. The maximum Gasteiger partial charge on any atom is 0.164 e. The van der Waals surface area contributed by atoms with Crippen molar-refractivity contribution < 1.29 is 8.83 Å². The molecule has 0 unspecified atom stereocenters. The third-order valence-electron chi connectivity index (χ3n) is 37.3. The third-order valence-corrected chi connectivity index (χ3v) is 37.3. The predicted octanol–water partition coefficient (Wildman–Crippen LogP) is 37.9. The van der Waals surface area contributed by atoms with Crippen LogP contribution < -0.4 is 9.80 Å². The summed E-state index contributed by atoms with van der Waals surface area (Å²) in [6.45, 7) is 48.3. The van der Waals surface area contributed by atoms with E-state index in [9.17, 15) is 0 Å². The Bertz CT molecular complexity index is 9160. The molecule has 0 saturated carbocycles. The summed E-state index contributed by atoms with van der Waals surface area (Å²) in [6.07, 6.45) is 0. The summed E-state index contributed by atoms with van der Waals surface area (Å²) in [4.78, 5) is 20.3. The molecule has 0 amide bonds. The Hall–Kier alpha value is -15.8. The van der Waals surface area contributed by atoms with Crippen LogP contribution in [0.1, 0.15) is 216 Å². The molecular weight excluding hydrogens is 1800 g/mol.